The summed E-state index contributed by atoms with van der Waals surface area (Å²) in [6.07, 6.45) is 0.895. The standard InChI is InChI=1S/C14H23NO3/c1-9(2)8-11(15)10-6-7-12(16-3)14(18-5)13(10)17-4/h6-7,9,11H,8,15H2,1-5H3/t11-/m0/s1. The Morgan fingerprint density at radius 2 is 1.61 bits per heavy atom. The fraction of sp³-hybridized carbons (Fsp3) is 0.571. The summed E-state index contributed by atoms with van der Waals surface area (Å²) in [5, 5.41) is 0. The van der Waals surface area contributed by atoms with Crippen molar-refractivity contribution in [1.82, 2.24) is 0 Å². The van der Waals surface area contributed by atoms with Crippen molar-refractivity contribution in [3.63, 3.8) is 0 Å². The predicted octanol–water partition coefficient (Wildman–Crippen LogP) is 2.76. The smallest absolute Gasteiger partial charge is 0.203 e. The quantitative estimate of drug-likeness (QED) is 0.847. The van der Waals surface area contributed by atoms with Crippen LogP contribution in [0.3, 0.4) is 0 Å². The SMILES string of the molecule is COc1ccc([C@@H](N)CC(C)C)c(OC)c1OC. The zero-order chi connectivity index (χ0) is 13.7. The third kappa shape index (κ3) is 3.07. The summed E-state index contributed by atoms with van der Waals surface area (Å²) >= 11 is 0. The Balaban J connectivity index is 3.20. The van der Waals surface area contributed by atoms with Crippen LogP contribution in [0.1, 0.15) is 31.9 Å². The van der Waals surface area contributed by atoms with Crippen molar-refractivity contribution in [2.45, 2.75) is 26.3 Å². The molecule has 18 heavy (non-hydrogen) atoms. The molecule has 0 aliphatic heterocycles. The molecule has 0 fully saturated rings. The zero-order valence-electron chi connectivity index (χ0n) is 11.8. The van der Waals surface area contributed by atoms with E-state index in [9.17, 15) is 0 Å². The lowest BCUT2D eigenvalue weighted by Gasteiger charge is -2.20. The van der Waals surface area contributed by atoms with Gasteiger partial charge in [-0.2, -0.15) is 0 Å². The minimum atomic E-state index is -0.0697. The van der Waals surface area contributed by atoms with Gasteiger partial charge in [-0.05, 0) is 24.5 Å². The van der Waals surface area contributed by atoms with Crippen LogP contribution in [0.4, 0.5) is 0 Å². The molecule has 1 atom stereocenters. The van der Waals surface area contributed by atoms with Gasteiger partial charge < -0.3 is 19.9 Å². The molecule has 0 aliphatic carbocycles. The summed E-state index contributed by atoms with van der Waals surface area (Å²) in [4.78, 5) is 0. The van der Waals surface area contributed by atoms with Crippen LogP contribution in [0.25, 0.3) is 0 Å². The minimum absolute atomic E-state index is 0.0697. The van der Waals surface area contributed by atoms with Crippen LogP contribution in [0, 0.1) is 5.92 Å². The Hall–Kier alpha value is -1.42. The van der Waals surface area contributed by atoms with Gasteiger partial charge in [0, 0.05) is 11.6 Å². The Labute approximate surface area is 109 Å². The molecule has 0 bridgehead atoms. The molecule has 0 heterocycles. The van der Waals surface area contributed by atoms with Crippen LogP contribution in [-0.4, -0.2) is 21.3 Å². The highest BCUT2D eigenvalue weighted by molar-refractivity contribution is 5.56. The lowest BCUT2D eigenvalue weighted by atomic mass is 9.96. The molecule has 1 rings (SSSR count). The average Bonchev–Trinajstić information content (AvgIpc) is 2.35. The molecule has 1 aromatic rings. The van der Waals surface area contributed by atoms with Crippen LogP contribution in [-0.2, 0) is 0 Å². The molecule has 0 aromatic heterocycles. The lowest BCUT2D eigenvalue weighted by molar-refractivity contribution is 0.319. The topological polar surface area (TPSA) is 53.7 Å². The lowest BCUT2D eigenvalue weighted by Crippen LogP contribution is -2.14. The van der Waals surface area contributed by atoms with E-state index in [1.165, 1.54) is 0 Å². The number of ether oxygens (including phenoxy) is 3. The minimum Gasteiger partial charge on any atom is -0.493 e. The molecule has 0 spiro atoms. The number of methoxy groups -OCH3 is 3. The van der Waals surface area contributed by atoms with E-state index in [0.29, 0.717) is 23.2 Å². The largest absolute Gasteiger partial charge is 0.493 e. The van der Waals surface area contributed by atoms with Gasteiger partial charge in [-0.25, -0.2) is 0 Å². The van der Waals surface area contributed by atoms with E-state index in [-0.39, 0.29) is 6.04 Å². The Morgan fingerprint density at radius 1 is 1.00 bits per heavy atom. The van der Waals surface area contributed by atoms with Crippen molar-refractivity contribution < 1.29 is 14.2 Å². The maximum Gasteiger partial charge on any atom is 0.203 e. The fourth-order valence-electron chi connectivity index (χ4n) is 2.05. The number of nitrogens with two attached hydrogens (primary N) is 1. The summed E-state index contributed by atoms with van der Waals surface area (Å²) in [6.45, 7) is 4.29. The van der Waals surface area contributed by atoms with Crippen LogP contribution in [0.15, 0.2) is 12.1 Å². The molecule has 0 amide bonds. The Morgan fingerprint density at radius 3 is 2.06 bits per heavy atom. The second-order valence-corrected chi connectivity index (χ2v) is 4.66. The van der Waals surface area contributed by atoms with Crippen molar-refractivity contribution >= 4 is 0 Å². The van der Waals surface area contributed by atoms with Gasteiger partial charge in [-0.3, -0.25) is 0 Å². The number of rotatable bonds is 6. The second kappa shape index (κ2) is 6.50. The number of hydrogen-bond acceptors (Lipinski definition) is 4. The average molecular weight is 253 g/mol. The monoisotopic (exact) mass is 253 g/mol. The molecule has 4 nitrogen and oxygen atoms in total. The first kappa shape index (κ1) is 14.6. The van der Waals surface area contributed by atoms with Gasteiger partial charge in [-0.1, -0.05) is 13.8 Å². The molecule has 0 unspecified atom stereocenters. The molecule has 0 saturated carbocycles. The van der Waals surface area contributed by atoms with Crippen LogP contribution in [0.2, 0.25) is 0 Å². The van der Waals surface area contributed by atoms with Crippen LogP contribution < -0.4 is 19.9 Å². The van der Waals surface area contributed by atoms with Crippen molar-refractivity contribution in [3.05, 3.63) is 17.7 Å². The van der Waals surface area contributed by atoms with E-state index in [0.717, 1.165) is 12.0 Å². The fourth-order valence-corrected chi connectivity index (χ4v) is 2.05. The van der Waals surface area contributed by atoms with Crippen molar-refractivity contribution in [3.8, 4) is 17.2 Å². The molecule has 1 aromatic carbocycles. The molecular formula is C14H23NO3. The first-order chi connectivity index (χ1) is 8.54. The third-order valence-corrected chi connectivity index (χ3v) is 2.86. The van der Waals surface area contributed by atoms with E-state index in [1.807, 2.05) is 12.1 Å². The molecule has 0 radical (unpaired) electrons. The maximum atomic E-state index is 6.21. The highest BCUT2D eigenvalue weighted by Crippen LogP contribution is 2.42. The van der Waals surface area contributed by atoms with Gasteiger partial charge in [0.1, 0.15) is 0 Å². The number of hydrogen-bond donors (Lipinski definition) is 1. The summed E-state index contributed by atoms with van der Waals surface area (Å²) in [6, 6.07) is 3.73. The maximum absolute atomic E-state index is 6.21. The second-order valence-electron chi connectivity index (χ2n) is 4.66. The summed E-state index contributed by atoms with van der Waals surface area (Å²) in [5.74, 6) is 2.43. The molecule has 102 valence electrons. The van der Waals surface area contributed by atoms with E-state index < -0.39 is 0 Å². The zero-order valence-corrected chi connectivity index (χ0v) is 11.8. The van der Waals surface area contributed by atoms with Gasteiger partial charge in [0.25, 0.3) is 0 Å². The Bertz CT molecular complexity index is 391. The molecule has 2 N–H and O–H groups in total. The van der Waals surface area contributed by atoms with Crippen molar-refractivity contribution in [1.29, 1.82) is 0 Å². The molecular weight excluding hydrogens is 230 g/mol. The van der Waals surface area contributed by atoms with Gasteiger partial charge in [0.05, 0.1) is 21.3 Å². The van der Waals surface area contributed by atoms with E-state index >= 15 is 0 Å². The first-order valence-electron chi connectivity index (χ1n) is 6.09. The van der Waals surface area contributed by atoms with E-state index in [2.05, 4.69) is 13.8 Å². The molecule has 0 aliphatic rings. The summed E-state index contributed by atoms with van der Waals surface area (Å²) in [5.41, 5.74) is 7.16. The highest BCUT2D eigenvalue weighted by atomic mass is 16.5. The van der Waals surface area contributed by atoms with Crippen LogP contribution in [0.5, 0.6) is 17.2 Å². The Kier molecular flexibility index (Phi) is 5.28. The van der Waals surface area contributed by atoms with Gasteiger partial charge in [0.2, 0.25) is 5.75 Å². The summed E-state index contributed by atoms with van der Waals surface area (Å²) < 4.78 is 16.0. The number of benzene rings is 1. The summed E-state index contributed by atoms with van der Waals surface area (Å²) in [7, 11) is 4.81. The van der Waals surface area contributed by atoms with Gasteiger partial charge >= 0.3 is 0 Å². The molecule has 4 heteroatoms. The normalized spacial score (nSPS) is 12.4. The first-order valence-corrected chi connectivity index (χ1v) is 6.09. The van der Waals surface area contributed by atoms with Crippen LogP contribution >= 0.6 is 0 Å². The third-order valence-electron chi connectivity index (χ3n) is 2.86. The molecule has 0 saturated heterocycles. The van der Waals surface area contributed by atoms with Crippen molar-refractivity contribution in [2.75, 3.05) is 21.3 Å². The van der Waals surface area contributed by atoms with Crippen molar-refractivity contribution in [2.24, 2.45) is 11.7 Å². The highest BCUT2D eigenvalue weighted by Gasteiger charge is 2.20. The van der Waals surface area contributed by atoms with Gasteiger partial charge in [0.15, 0.2) is 11.5 Å². The van der Waals surface area contributed by atoms with E-state index in [1.54, 1.807) is 21.3 Å². The van der Waals surface area contributed by atoms with E-state index in [4.69, 9.17) is 19.9 Å². The van der Waals surface area contributed by atoms with Gasteiger partial charge in [-0.15, -0.1) is 0 Å². The predicted molar refractivity (Wildman–Crippen MR) is 72.5 cm³/mol.